The second-order valence-corrected chi connectivity index (χ2v) is 6.06. The van der Waals surface area contributed by atoms with E-state index in [0.29, 0.717) is 10.0 Å². The molecular formula is C18H21Cl2N3O. The molecule has 0 spiro atoms. The van der Waals surface area contributed by atoms with Crippen LogP contribution in [0.4, 0.5) is 17.1 Å². The van der Waals surface area contributed by atoms with Crippen LogP contribution in [0.1, 0.15) is 13.8 Å². The summed E-state index contributed by atoms with van der Waals surface area (Å²) in [4.78, 5) is 14.3. The van der Waals surface area contributed by atoms with Gasteiger partial charge in [0.1, 0.15) is 0 Å². The Hall–Kier alpha value is -1.91. The molecule has 2 aromatic carbocycles. The first kappa shape index (κ1) is 18.4. The van der Waals surface area contributed by atoms with Crippen molar-refractivity contribution in [3.05, 3.63) is 52.5 Å². The number of carbonyl (C=O) groups excluding carboxylic acids is 1. The zero-order valence-corrected chi connectivity index (χ0v) is 15.3. The maximum Gasteiger partial charge on any atom is 0.243 e. The average Bonchev–Trinajstić information content (AvgIpc) is 2.58. The summed E-state index contributed by atoms with van der Waals surface area (Å²) in [6, 6.07) is 13.0. The van der Waals surface area contributed by atoms with Gasteiger partial charge in [-0.15, -0.1) is 0 Å². The van der Waals surface area contributed by atoms with Crippen molar-refractivity contribution in [3.8, 4) is 0 Å². The number of rotatable bonds is 7. The fraction of sp³-hybridized carbons (Fsp3) is 0.278. The van der Waals surface area contributed by atoms with Gasteiger partial charge in [-0.05, 0) is 56.3 Å². The van der Waals surface area contributed by atoms with E-state index < -0.39 is 0 Å². The van der Waals surface area contributed by atoms with Crippen molar-refractivity contribution in [2.24, 2.45) is 0 Å². The molecule has 0 saturated heterocycles. The molecule has 0 atom stereocenters. The van der Waals surface area contributed by atoms with Crippen LogP contribution in [-0.4, -0.2) is 25.5 Å². The summed E-state index contributed by atoms with van der Waals surface area (Å²) in [5.74, 6) is -0.128. The molecule has 24 heavy (non-hydrogen) atoms. The minimum atomic E-state index is -0.128. The monoisotopic (exact) mass is 365 g/mol. The van der Waals surface area contributed by atoms with E-state index in [9.17, 15) is 4.79 Å². The van der Waals surface area contributed by atoms with Crippen molar-refractivity contribution in [2.75, 3.05) is 35.2 Å². The van der Waals surface area contributed by atoms with E-state index in [0.717, 1.165) is 30.2 Å². The molecule has 0 aliphatic heterocycles. The molecule has 0 radical (unpaired) electrons. The third kappa shape index (κ3) is 5.05. The minimum absolute atomic E-state index is 0.128. The molecule has 2 aromatic rings. The van der Waals surface area contributed by atoms with Gasteiger partial charge < -0.3 is 15.5 Å². The molecular weight excluding hydrogens is 345 g/mol. The SMILES string of the molecule is CCN(CC)c1ccc(NC(=O)CNc2ccc(Cl)c(Cl)c2)cc1. The summed E-state index contributed by atoms with van der Waals surface area (Å²) < 4.78 is 0. The Morgan fingerprint density at radius 2 is 1.58 bits per heavy atom. The molecule has 0 aromatic heterocycles. The minimum Gasteiger partial charge on any atom is -0.376 e. The Kier molecular flexibility index (Phi) is 6.76. The van der Waals surface area contributed by atoms with Crippen molar-refractivity contribution in [1.82, 2.24) is 0 Å². The zero-order chi connectivity index (χ0) is 17.5. The number of hydrogen-bond acceptors (Lipinski definition) is 3. The quantitative estimate of drug-likeness (QED) is 0.733. The summed E-state index contributed by atoms with van der Waals surface area (Å²) >= 11 is 11.8. The van der Waals surface area contributed by atoms with Crippen molar-refractivity contribution in [3.63, 3.8) is 0 Å². The highest BCUT2D eigenvalue weighted by Crippen LogP contribution is 2.25. The van der Waals surface area contributed by atoms with Crippen LogP contribution in [0.3, 0.4) is 0 Å². The third-order valence-corrected chi connectivity index (χ3v) is 4.39. The first-order valence-electron chi connectivity index (χ1n) is 7.87. The summed E-state index contributed by atoms with van der Waals surface area (Å²) in [6.45, 7) is 6.29. The van der Waals surface area contributed by atoms with Crippen LogP contribution in [0, 0.1) is 0 Å². The lowest BCUT2D eigenvalue weighted by molar-refractivity contribution is -0.114. The van der Waals surface area contributed by atoms with Gasteiger partial charge in [-0.1, -0.05) is 23.2 Å². The predicted octanol–water partition coefficient (Wildman–Crippen LogP) is 4.89. The highest BCUT2D eigenvalue weighted by atomic mass is 35.5. The molecule has 0 bridgehead atoms. The molecule has 0 heterocycles. The topological polar surface area (TPSA) is 44.4 Å². The molecule has 6 heteroatoms. The zero-order valence-electron chi connectivity index (χ0n) is 13.8. The number of anilines is 3. The van der Waals surface area contributed by atoms with Gasteiger partial charge in [0.25, 0.3) is 0 Å². The molecule has 0 aliphatic carbocycles. The van der Waals surface area contributed by atoms with Crippen LogP contribution in [-0.2, 0) is 4.79 Å². The van der Waals surface area contributed by atoms with Gasteiger partial charge in [-0.25, -0.2) is 0 Å². The van der Waals surface area contributed by atoms with E-state index in [1.807, 2.05) is 24.3 Å². The number of amides is 1. The van der Waals surface area contributed by atoms with Crippen LogP contribution in [0.5, 0.6) is 0 Å². The highest BCUT2D eigenvalue weighted by Gasteiger charge is 2.05. The largest absolute Gasteiger partial charge is 0.376 e. The fourth-order valence-corrected chi connectivity index (χ4v) is 2.64. The van der Waals surface area contributed by atoms with E-state index in [-0.39, 0.29) is 12.5 Å². The molecule has 2 N–H and O–H groups in total. The van der Waals surface area contributed by atoms with E-state index in [1.165, 1.54) is 0 Å². The maximum atomic E-state index is 12.0. The predicted molar refractivity (Wildman–Crippen MR) is 104 cm³/mol. The standard InChI is InChI=1S/C18H21Cl2N3O/c1-3-23(4-2)15-8-5-13(6-9-15)22-18(24)12-21-14-7-10-16(19)17(20)11-14/h5-11,21H,3-4,12H2,1-2H3,(H,22,24). The van der Waals surface area contributed by atoms with Crippen molar-refractivity contribution in [2.45, 2.75) is 13.8 Å². The number of nitrogens with one attached hydrogen (secondary N) is 2. The molecule has 0 saturated carbocycles. The maximum absolute atomic E-state index is 12.0. The molecule has 128 valence electrons. The van der Waals surface area contributed by atoms with Gasteiger partial charge in [0.15, 0.2) is 0 Å². The van der Waals surface area contributed by atoms with Crippen LogP contribution in [0.25, 0.3) is 0 Å². The Bertz CT molecular complexity index is 685. The number of halogens is 2. The van der Waals surface area contributed by atoms with Gasteiger partial charge in [-0.3, -0.25) is 4.79 Å². The molecule has 1 amide bonds. The lowest BCUT2D eigenvalue weighted by Crippen LogP contribution is -2.23. The van der Waals surface area contributed by atoms with E-state index in [1.54, 1.807) is 18.2 Å². The first-order valence-corrected chi connectivity index (χ1v) is 8.62. The highest BCUT2D eigenvalue weighted by molar-refractivity contribution is 6.42. The van der Waals surface area contributed by atoms with Crippen LogP contribution < -0.4 is 15.5 Å². The van der Waals surface area contributed by atoms with Gasteiger partial charge in [0, 0.05) is 30.2 Å². The summed E-state index contributed by atoms with van der Waals surface area (Å²) in [7, 11) is 0. The Balaban J connectivity index is 1.88. The molecule has 0 aliphatic rings. The van der Waals surface area contributed by atoms with E-state index in [4.69, 9.17) is 23.2 Å². The van der Waals surface area contributed by atoms with Crippen molar-refractivity contribution < 1.29 is 4.79 Å². The second kappa shape index (κ2) is 8.81. The summed E-state index contributed by atoms with van der Waals surface area (Å²) in [5, 5.41) is 6.82. The van der Waals surface area contributed by atoms with Crippen molar-refractivity contribution >= 4 is 46.2 Å². The van der Waals surface area contributed by atoms with Crippen molar-refractivity contribution in [1.29, 1.82) is 0 Å². The lowest BCUT2D eigenvalue weighted by Gasteiger charge is -2.21. The summed E-state index contributed by atoms with van der Waals surface area (Å²) in [5.41, 5.74) is 2.66. The van der Waals surface area contributed by atoms with Gasteiger partial charge >= 0.3 is 0 Å². The first-order chi connectivity index (χ1) is 11.5. The number of nitrogens with zero attached hydrogens (tertiary/aromatic N) is 1. The second-order valence-electron chi connectivity index (χ2n) is 5.25. The van der Waals surface area contributed by atoms with Crippen LogP contribution in [0.15, 0.2) is 42.5 Å². The summed E-state index contributed by atoms with van der Waals surface area (Å²) in [6.07, 6.45) is 0. The van der Waals surface area contributed by atoms with Crippen LogP contribution in [0.2, 0.25) is 10.0 Å². The number of hydrogen-bond donors (Lipinski definition) is 2. The van der Waals surface area contributed by atoms with E-state index >= 15 is 0 Å². The molecule has 2 rings (SSSR count). The van der Waals surface area contributed by atoms with Crippen LogP contribution >= 0.6 is 23.2 Å². The molecule has 0 unspecified atom stereocenters. The fourth-order valence-electron chi connectivity index (χ4n) is 2.34. The lowest BCUT2D eigenvalue weighted by atomic mass is 10.2. The van der Waals surface area contributed by atoms with Gasteiger partial charge in [0.2, 0.25) is 5.91 Å². The third-order valence-electron chi connectivity index (χ3n) is 3.65. The Labute approximate surface area is 152 Å². The Morgan fingerprint density at radius 3 is 2.17 bits per heavy atom. The number of benzene rings is 2. The average molecular weight is 366 g/mol. The normalized spacial score (nSPS) is 10.3. The molecule has 0 fully saturated rings. The van der Waals surface area contributed by atoms with Gasteiger partial charge in [0.05, 0.1) is 16.6 Å². The molecule has 4 nitrogen and oxygen atoms in total. The number of carbonyl (C=O) groups is 1. The van der Waals surface area contributed by atoms with Gasteiger partial charge in [-0.2, -0.15) is 0 Å². The smallest absolute Gasteiger partial charge is 0.243 e. The van der Waals surface area contributed by atoms with E-state index in [2.05, 4.69) is 29.4 Å². The Morgan fingerprint density at radius 1 is 0.958 bits per heavy atom.